The molecule has 4 aliphatic rings. The fourth-order valence-corrected chi connectivity index (χ4v) is 6.86. The molecule has 1 unspecified atom stereocenters. The highest BCUT2D eigenvalue weighted by molar-refractivity contribution is 5.92. The van der Waals surface area contributed by atoms with Gasteiger partial charge in [-0.25, -0.2) is 4.79 Å². The van der Waals surface area contributed by atoms with Crippen LogP contribution in [0.3, 0.4) is 0 Å². The zero-order chi connectivity index (χ0) is 18.7. The van der Waals surface area contributed by atoms with E-state index >= 15 is 0 Å². The van der Waals surface area contributed by atoms with E-state index in [4.69, 9.17) is 5.11 Å². The summed E-state index contributed by atoms with van der Waals surface area (Å²) in [5, 5.41) is 19.0. The predicted molar refractivity (Wildman–Crippen MR) is 98.4 cm³/mol. The number of carboxylic acids is 1. The van der Waals surface area contributed by atoms with Crippen molar-refractivity contribution in [2.45, 2.75) is 64.9 Å². The lowest BCUT2D eigenvalue weighted by Crippen LogP contribution is -2.49. The van der Waals surface area contributed by atoms with Gasteiger partial charge in [0.1, 0.15) is 0 Å². The van der Waals surface area contributed by atoms with E-state index in [1.54, 1.807) is 0 Å². The van der Waals surface area contributed by atoms with Crippen LogP contribution in [0.4, 0.5) is 0 Å². The van der Waals surface area contributed by atoms with Gasteiger partial charge in [-0.05, 0) is 84.7 Å². The van der Waals surface area contributed by atoms with E-state index in [0.29, 0.717) is 30.6 Å². The largest absolute Gasteiger partial charge is 0.479 e. The number of aliphatic hydroxyl groups excluding tert-OH is 1. The highest BCUT2D eigenvalue weighted by Gasteiger charge is 2.58. The number of aliphatic carboxylic acids is 1. The smallest absolute Gasteiger partial charge is 0.332 e. The van der Waals surface area contributed by atoms with Crippen LogP contribution in [-0.4, -0.2) is 28.1 Å². The average Bonchev–Trinajstić information content (AvgIpc) is 2.92. The number of allylic oxidation sites excluding steroid dienone is 4. The summed E-state index contributed by atoms with van der Waals surface area (Å²) in [7, 11) is 0. The molecule has 2 N–H and O–H groups in total. The highest BCUT2D eigenvalue weighted by atomic mass is 16.4. The topological polar surface area (TPSA) is 74.6 Å². The summed E-state index contributed by atoms with van der Waals surface area (Å²) >= 11 is 0. The van der Waals surface area contributed by atoms with Crippen LogP contribution in [-0.2, 0) is 9.59 Å². The molecule has 4 aliphatic carbocycles. The Kier molecular flexibility index (Phi) is 4.18. The van der Waals surface area contributed by atoms with E-state index in [2.05, 4.69) is 26.0 Å². The van der Waals surface area contributed by atoms with E-state index < -0.39 is 12.1 Å². The first kappa shape index (κ1) is 18.0. The van der Waals surface area contributed by atoms with Crippen molar-refractivity contribution in [3.63, 3.8) is 0 Å². The number of hydrogen-bond acceptors (Lipinski definition) is 3. The Hall–Kier alpha value is -1.42. The number of fused-ring (bicyclic) bond motifs is 5. The monoisotopic (exact) mass is 358 g/mol. The summed E-state index contributed by atoms with van der Waals surface area (Å²) in [6.45, 7) is 4.67. The molecule has 2 fully saturated rings. The third-order valence-electron chi connectivity index (χ3n) is 8.50. The number of aliphatic hydroxyl groups is 1. The van der Waals surface area contributed by atoms with Crippen molar-refractivity contribution >= 4 is 11.8 Å². The van der Waals surface area contributed by atoms with Gasteiger partial charge in [-0.3, -0.25) is 4.79 Å². The Morgan fingerprint density at radius 3 is 2.73 bits per heavy atom. The molecular formula is C22H30O4. The summed E-state index contributed by atoms with van der Waals surface area (Å²) in [6, 6.07) is 0. The molecular weight excluding hydrogens is 328 g/mol. The highest BCUT2D eigenvalue weighted by Crippen LogP contribution is 2.65. The van der Waals surface area contributed by atoms with Crippen LogP contribution in [0.2, 0.25) is 0 Å². The van der Waals surface area contributed by atoms with Gasteiger partial charge in [-0.15, -0.1) is 0 Å². The van der Waals surface area contributed by atoms with Crippen molar-refractivity contribution in [1.82, 2.24) is 0 Å². The average molecular weight is 358 g/mol. The molecule has 26 heavy (non-hydrogen) atoms. The maximum atomic E-state index is 11.9. The lowest BCUT2D eigenvalue weighted by atomic mass is 9.48. The van der Waals surface area contributed by atoms with Crippen LogP contribution >= 0.6 is 0 Å². The SMILES string of the molecule is C[C@]12CC[C@H]3[C@@H](C=CC4=CC(=O)CC[C@@]43C)[C@@H]1CC[C@@H]2CC(O)C(=O)O. The molecule has 0 aromatic carbocycles. The van der Waals surface area contributed by atoms with Crippen molar-refractivity contribution < 1.29 is 19.8 Å². The van der Waals surface area contributed by atoms with Crippen molar-refractivity contribution in [3.05, 3.63) is 23.8 Å². The molecule has 4 rings (SSSR count). The van der Waals surface area contributed by atoms with Gasteiger partial charge in [0, 0.05) is 6.42 Å². The summed E-state index contributed by atoms with van der Waals surface area (Å²) in [4.78, 5) is 23.0. The van der Waals surface area contributed by atoms with E-state index in [-0.39, 0.29) is 22.5 Å². The van der Waals surface area contributed by atoms with Crippen LogP contribution in [0.25, 0.3) is 0 Å². The fourth-order valence-electron chi connectivity index (χ4n) is 6.86. The summed E-state index contributed by atoms with van der Waals surface area (Å²) < 4.78 is 0. The number of ketones is 1. The molecule has 4 heteroatoms. The second-order valence-electron chi connectivity index (χ2n) is 9.54. The first-order valence-corrected chi connectivity index (χ1v) is 10.1. The minimum absolute atomic E-state index is 0.104. The van der Waals surface area contributed by atoms with Crippen molar-refractivity contribution in [2.75, 3.05) is 0 Å². The Morgan fingerprint density at radius 1 is 1.23 bits per heavy atom. The van der Waals surface area contributed by atoms with E-state index in [1.807, 2.05) is 6.08 Å². The van der Waals surface area contributed by atoms with Gasteiger partial charge >= 0.3 is 5.97 Å². The third-order valence-corrected chi connectivity index (χ3v) is 8.50. The molecule has 0 aliphatic heterocycles. The van der Waals surface area contributed by atoms with Gasteiger partial charge < -0.3 is 10.2 Å². The van der Waals surface area contributed by atoms with Crippen LogP contribution in [0, 0.1) is 34.5 Å². The minimum atomic E-state index is -1.24. The van der Waals surface area contributed by atoms with Crippen LogP contribution in [0.15, 0.2) is 23.8 Å². The van der Waals surface area contributed by atoms with E-state index in [0.717, 1.165) is 32.1 Å². The Labute approximate surface area is 155 Å². The van der Waals surface area contributed by atoms with Gasteiger partial charge in [0.05, 0.1) is 0 Å². The molecule has 7 atom stereocenters. The van der Waals surface area contributed by atoms with Gasteiger partial charge in [0.2, 0.25) is 0 Å². The lowest BCUT2D eigenvalue weighted by Gasteiger charge is -2.56. The molecule has 2 saturated carbocycles. The molecule has 0 heterocycles. The predicted octanol–water partition coefficient (Wildman–Crippen LogP) is 3.75. The normalized spacial score (nSPS) is 45.3. The van der Waals surface area contributed by atoms with Gasteiger partial charge in [-0.1, -0.05) is 26.0 Å². The van der Waals surface area contributed by atoms with Crippen LogP contribution in [0.1, 0.15) is 58.8 Å². The summed E-state index contributed by atoms with van der Waals surface area (Å²) in [5.41, 5.74) is 1.44. The molecule has 4 nitrogen and oxygen atoms in total. The molecule has 0 bridgehead atoms. The molecule has 0 radical (unpaired) electrons. The molecule has 0 saturated heterocycles. The molecule has 142 valence electrons. The number of hydrogen-bond donors (Lipinski definition) is 2. The quantitative estimate of drug-likeness (QED) is 0.806. The van der Waals surface area contributed by atoms with Crippen LogP contribution in [0.5, 0.6) is 0 Å². The first-order valence-electron chi connectivity index (χ1n) is 10.1. The van der Waals surface area contributed by atoms with Crippen molar-refractivity contribution in [2.24, 2.45) is 34.5 Å². The number of carbonyl (C=O) groups excluding carboxylic acids is 1. The summed E-state index contributed by atoms with van der Waals surface area (Å²) in [6.07, 6.45) is 11.5. The van der Waals surface area contributed by atoms with E-state index in [1.165, 1.54) is 5.57 Å². The zero-order valence-electron chi connectivity index (χ0n) is 15.8. The second-order valence-corrected chi connectivity index (χ2v) is 9.54. The molecule has 0 aromatic rings. The fraction of sp³-hybridized carbons (Fsp3) is 0.727. The number of rotatable bonds is 3. The minimum Gasteiger partial charge on any atom is -0.479 e. The Morgan fingerprint density at radius 2 is 2.00 bits per heavy atom. The van der Waals surface area contributed by atoms with Gasteiger partial charge in [0.25, 0.3) is 0 Å². The van der Waals surface area contributed by atoms with E-state index in [9.17, 15) is 14.7 Å². The Balaban J connectivity index is 1.62. The maximum Gasteiger partial charge on any atom is 0.332 e. The lowest BCUT2D eigenvalue weighted by molar-refractivity contribution is -0.148. The molecule has 0 amide bonds. The first-order chi connectivity index (χ1) is 12.3. The van der Waals surface area contributed by atoms with Crippen molar-refractivity contribution in [1.29, 1.82) is 0 Å². The Bertz CT molecular complexity index is 692. The third kappa shape index (κ3) is 2.52. The zero-order valence-corrected chi connectivity index (χ0v) is 15.8. The maximum absolute atomic E-state index is 11.9. The molecule has 0 spiro atoms. The second kappa shape index (κ2) is 6.05. The molecule has 0 aromatic heterocycles. The number of carbonyl (C=O) groups is 2. The van der Waals surface area contributed by atoms with Crippen LogP contribution < -0.4 is 0 Å². The standard InChI is InChI=1S/C22H30O4/c1-21-9-7-15(23)11-13(21)3-5-16-17-6-4-14(12-19(24)20(25)26)22(17,2)10-8-18(16)21/h3,5,11,14,16-19,24H,4,6-10,12H2,1-2H3,(H,25,26)/t14-,16+,17+,18+,19?,21+,22-/m1/s1. The number of carboxylic acid groups (broad SMARTS) is 1. The van der Waals surface area contributed by atoms with Gasteiger partial charge in [0.15, 0.2) is 11.9 Å². The van der Waals surface area contributed by atoms with Gasteiger partial charge in [-0.2, -0.15) is 0 Å². The summed E-state index contributed by atoms with van der Waals surface area (Å²) in [5.74, 6) is 1.08. The van der Waals surface area contributed by atoms with Crippen molar-refractivity contribution in [3.8, 4) is 0 Å².